The molecule has 0 saturated carbocycles. The number of nitrogens with zero attached hydrogens (tertiary/aromatic N) is 1. The molecule has 1 atom stereocenters. The first-order valence-corrected chi connectivity index (χ1v) is 5.99. The lowest BCUT2D eigenvalue weighted by Gasteiger charge is -2.19. The minimum absolute atomic E-state index is 0.0887. The van der Waals surface area contributed by atoms with Crippen molar-refractivity contribution in [3.8, 4) is 0 Å². The highest BCUT2D eigenvalue weighted by Crippen LogP contribution is 2.19. The van der Waals surface area contributed by atoms with Crippen molar-refractivity contribution in [1.29, 1.82) is 0 Å². The molecule has 0 saturated heterocycles. The maximum Gasteiger partial charge on any atom is 0.269 e. The topological polar surface area (TPSA) is 63.4 Å². The van der Waals surface area contributed by atoms with E-state index in [1.165, 1.54) is 12.1 Å². The maximum atomic E-state index is 10.5. The van der Waals surface area contributed by atoms with E-state index in [0.717, 1.165) is 18.4 Å². The fourth-order valence-electron chi connectivity index (χ4n) is 1.99. The summed E-state index contributed by atoms with van der Waals surface area (Å²) in [7, 11) is 0. The molecule has 1 N–H and O–H groups in total. The largest absolute Gasteiger partial charge is 0.392 e. The molecule has 4 nitrogen and oxygen atoms in total. The SMILES string of the molecule is CCC(CC)C(O)Cc1ccc([N+](=O)[O-])cc1. The van der Waals surface area contributed by atoms with Crippen LogP contribution in [-0.4, -0.2) is 16.1 Å². The molecule has 0 spiro atoms. The van der Waals surface area contributed by atoms with E-state index >= 15 is 0 Å². The number of hydrogen-bond acceptors (Lipinski definition) is 3. The van der Waals surface area contributed by atoms with Crippen LogP contribution in [0.5, 0.6) is 0 Å². The molecule has 0 aliphatic rings. The van der Waals surface area contributed by atoms with Crippen molar-refractivity contribution in [2.24, 2.45) is 5.92 Å². The van der Waals surface area contributed by atoms with Crippen molar-refractivity contribution in [1.82, 2.24) is 0 Å². The summed E-state index contributed by atoms with van der Waals surface area (Å²) in [6.07, 6.45) is 2.09. The Morgan fingerprint density at radius 3 is 2.18 bits per heavy atom. The summed E-state index contributed by atoms with van der Waals surface area (Å²) in [5.74, 6) is 0.296. The number of aliphatic hydroxyl groups is 1. The Labute approximate surface area is 101 Å². The number of benzene rings is 1. The molecule has 1 aromatic carbocycles. The van der Waals surface area contributed by atoms with Gasteiger partial charge in [0.25, 0.3) is 5.69 Å². The van der Waals surface area contributed by atoms with Gasteiger partial charge in [0.05, 0.1) is 11.0 Å². The molecule has 0 aliphatic heterocycles. The van der Waals surface area contributed by atoms with Gasteiger partial charge in [-0.1, -0.05) is 38.8 Å². The van der Waals surface area contributed by atoms with Crippen LogP contribution in [0.15, 0.2) is 24.3 Å². The van der Waals surface area contributed by atoms with Crippen molar-refractivity contribution in [3.05, 3.63) is 39.9 Å². The van der Waals surface area contributed by atoms with Crippen LogP contribution in [0.4, 0.5) is 5.69 Å². The molecular formula is C13H19NO3. The van der Waals surface area contributed by atoms with Crippen LogP contribution in [-0.2, 0) is 6.42 Å². The van der Waals surface area contributed by atoms with E-state index in [4.69, 9.17) is 0 Å². The molecule has 0 bridgehead atoms. The van der Waals surface area contributed by atoms with Crippen LogP contribution >= 0.6 is 0 Å². The third-order valence-electron chi connectivity index (χ3n) is 3.18. The van der Waals surface area contributed by atoms with Gasteiger partial charge >= 0.3 is 0 Å². The minimum atomic E-state index is -0.416. The van der Waals surface area contributed by atoms with Crippen LogP contribution in [0.3, 0.4) is 0 Å². The molecule has 1 aromatic rings. The average Bonchev–Trinajstić information content (AvgIpc) is 2.31. The van der Waals surface area contributed by atoms with Gasteiger partial charge in [0, 0.05) is 12.1 Å². The highest BCUT2D eigenvalue weighted by Gasteiger charge is 2.16. The zero-order chi connectivity index (χ0) is 12.8. The van der Waals surface area contributed by atoms with Gasteiger partial charge in [0.1, 0.15) is 0 Å². The van der Waals surface area contributed by atoms with Gasteiger partial charge < -0.3 is 5.11 Å². The number of aliphatic hydroxyl groups excluding tert-OH is 1. The van der Waals surface area contributed by atoms with Gasteiger partial charge in [0.15, 0.2) is 0 Å². The summed E-state index contributed by atoms with van der Waals surface area (Å²) in [5.41, 5.74) is 1.03. The van der Waals surface area contributed by atoms with Gasteiger partial charge in [-0.05, 0) is 17.9 Å². The minimum Gasteiger partial charge on any atom is -0.392 e. The standard InChI is InChI=1S/C13H19NO3/c1-3-11(4-2)13(15)9-10-5-7-12(8-6-10)14(16)17/h5-8,11,13,15H,3-4,9H2,1-2H3. The van der Waals surface area contributed by atoms with E-state index in [2.05, 4.69) is 13.8 Å². The van der Waals surface area contributed by atoms with Gasteiger partial charge in [0.2, 0.25) is 0 Å². The summed E-state index contributed by atoms with van der Waals surface area (Å²) >= 11 is 0. The van der Waals surface area contributed by atoms with E-state index in [1.54, 1.807) is 12.1 Å². The molecule has 94 valence electrons. The lowest BCUT2D eigenvalue weighted by molar-refractivity contribution is -0.384. The predicted molar refractivity (Wildman–Crippen MR) is 66.9 cm³/mol. The molecule has 1 unspecified atom stereocenters. The lowest BCUT2D eigenvalue weighted by Crippen LogP contribution is -2.21. The van der Waals surface area contributed by atoms with E-state index in [0.29, 0.717) is 12.3 Å². The fourth-order valence-corrected chi connectivity index (χ4v) is 1.99. The molecule has 0 heterocycles. The van der Waals surface area contributed by atoms with Crippen molar-refractivity contribution >= 4 is 5.69 Å². The first-order chi connectivity index (χ1) is 8.08. The second-order valence-corrected chi connectivity index (χ2v) is 4.27. The summed E-state index contributed by atoms with van der Waals surface area (Å²) in [6.45, 7) is 4.13. The first-order valence-electron chi connectivity index (χ1n) is 5.99. The molecule has 0 radical (unpaired) electrons. The first kappa shape index (κ1) is 13.6. The Bertz CT molecular complexity index is 357. The second kappa shape index (κ2) is 6.35. The molecule has 0 aliphatic carbocycles. The fraction of sp³-hybridized carbons (Fsp3) is 0.538. The van der Waals surface area contributed by atoms with E-state index < -0.39 is 4.92 Å². The smallest absolute Gasteiger partial charge is 0.269 e. The van der Waals surface area contributed by atoms with Crippen LogP contribution < -0.4 is 0 Å². The Kier molecular flexibility index (Phi) is 5.10. The zero-order valence-corrected chi connectivity index (χ0v) is 10.3. The third kappa shape index (κ3) is 3.82. The summed E-state index contributed by atoms with van der Waals surface area (Å²) < 4.78 is 0. The number of nitro groups is 1. The third-order valence-corrected chi connectivity index (χ3v) is 3.18. The highest BCUT2D eigenvalue weighted by molar-refractivity contribution is 5.33. The van der Waals surface area contributed by atoms with Gasteiger partial charge in [-0.15, -0.1) is 0 Å². The van der Waals surface area contributed by atoms with Crippen LogP contribution in [0.25, 0.3) is 0 Å². The molecule has 17 heavy (non-hydrogen) atoms. The molecule has 0 amide bonds. The number of hydrogen-bond donors (Lipinski definition) is 1. The monoisotopic (exact) mass is 237 g/mol. The summed E-state index contributed by atoms with van der Waals surface area (Å²) in [4.78, 5) is 10.1. The van der Waals surface area contributed by atoms with Gasteiger partial charge in [-0.3, -0.25) is 10.1 Å². The van der Waals surface area contributed by atoms with E-state index in [1.807, 2.05) is 0 Å². The van der Waals surface area contributed by atoms with Crippen molar-refractivity contribution in [2.75, 3.05) is 0 Å². The lowest BCUT2D eigenvalue weighted by atomic mass is 9.92. The molecule has 0 aromatic heterocycles. The number of nitro benzene ring substituents is 1. The number of non-ortho nitro benzene ring substituents is 1. The number of rotatable bonds is 6. The predicted octanol–water partition coefficient (Wildman–Crippen LogP) is 2.93. The molecular weight excluding hydrogens is 218 g/mol. The Balaban J connectivity index is 2.65. The second-order valence-electron chi connectivity index (χ2n) is 4.27. The van der Waals surface area contributed by atoms with E-state index in [-0.39, 0.29) is 11.8 Å². The average molecular weight is 237 g/mol. The Morgan fingerprint density at radius 1 is 1.24 bits per heavy atom. The van der Waals surface area contributed by atoms with Crippen LogP contribution in [0.2, 0.25) is 0 Å². The van der Waals surface area contributed by atoms with Crippen LogP contribution in [0.1, 0.15) is 32.3 Å². The Hall–Kier alpha value is -1.42. The van der Waals surface area contributed by atoms with Crippen molar-refractivity contribution in [3.63, 3.8) is 0 Å². The summed E-state index contributed by atoms with van der Waals surface area (Å²) in [6, 6.07) is 6.39. The molecule has 4 heteroatoms. The maximum absolute atomic E-state index is 10.5. The summed E-state index contributed by atoms with van der Waals surface area (Å²) in [5, 5.41) is 20.5. The van der Waals surface area contributed by atoms with Crippen molar-refractivity contribution in [2.45, 2.75) is 39.2 Å². The van der Waals surface area contributed by atoms with Gasteiger partial charge in [-0.2, -0.15) is 0 Å². The Morgan fingerprint density at radius 2 is 1.76 bits per heavy atom. The van der Waals surface area contributed by atoms with E-state index in [9.17, 15) is 15.2 Å². The van der Waals surface area contributed by atoms with Crippen molar-refractivity contribution < 1.29 is 10.0 Å². The van der Waals surface area contributed by atoms with Gasteiger partial charge in [-0.25, -0.2) is 0 Å². The molecule has 0 fully saturated rings. The van der Waals surface area contributed by atoms with Crippen LogP contribution in [0, 0.1) is 16.0 Å². The quantitative estimate of drug-likeness (QED) is 0.611. The molecule has 1 rings (SSSR count). The zero-order valence-electron chi connectivity index (χ0n) is 10.3. The highest BCUT2D eigenvalue weighted by atomic mass is 16.6. The normalized spacial score (nSPS) is 12.7.